The van der Waals surface area contributed by atoms with E-state index in [1.54, 1.807) is 6.08 Å². The van der Waals surface area contributed by atoms with Crippen molar-refractivity contribution in [2.24, 2.45) is 0 Å². The molecule has 0 aromatic heterocycles. The molecule has 4 heteroatoms. The van der Waals surface area contributed by atoms with Crippen molar-refractivity contribution in [3.05, 3.63) is 58.3 Å². The third kappa shape index (κ3) is 3.91. The molecule has 0 bridgehead atoms. The first-order chi connectivity index (χ1) is 6.29. The first kappa shape index (κ1) is 9.25. The summed E-state index contributed by atoms with van der Waals surface area (Å²) in [6.07, 6.45) is 3.73. The third-order valence-corrected chi connectivity index (χ3v) is 1.49. The average molecular weight is 178 g/mol. The van der Waals surface area contributed by atoms with Crippen LogP contribution < -0.4 is 5.43 Å². The zero-order chi connectivity index (χ0) is 9.52. The number of benzene rings is 1. The van der Waals surface area contributed by atoms with Crippen molar-refractivity contribution in [2.45, 2.75) is 6.42 Å². The minimum atomic E-state index is -0.596. The number of hydrogen-bond acceptors (Lipinski definition) is 2. The fourth-order valence-corrected chi connectivity index (χ4v) is 0.923. The molecule has 0 fully saturated rings. The van der Waals surface area contributed by atoms with E-state index in [0.717, 1.165) is 5.56 Å². The van der Waals surface area contributed by atoms with E-state index in [0.29, 0.717) is 6.42 Å². The molecule has 0 aliphatic heterocycles. The van der Waals surface area contributed by atoms with Gasteiger partial charge < -0.3 is 0 Å². The summed E-state index contributed by atoms with van der Waals surface area (Å²) in [6.45, 7) is 0. The van der Waals surface area contributed by atoms with Crippen molar-refractivity contribution < 1.29 is 5.03 Å². The lowest BCUT2D eigenvalue weighted by Gasteiger charge is -1.93. The summed E-state index contributed by atoms with van der Waals surface area (Å²) in [6, 6.07) is 9.74. The van der Waals surface area contributed by atoms with Gasteiger partial charge in [-0.05, 0) is 12.0 Å². The van der Waals surface area contributed by atoms with Crippen LogP contribution in [0.2, 0.25) is 0 Å². The summed E-state index contributed by atoms with van der Waals surface area (Å²) >= 11 is 0. The van der Waals surface area contributed by atoms with Gasteiger partial charge in [0.05, 0.1) is 6.20 Å². The molecule has 1 rings (SSSR count). The molecule has 0 amide bonds. The SMILES string of the molecule is O=[N+]([O-])NC=CCc1ccccc1. The van der Waals surface area contributed by atoms with E-state index in [9.17, 15) is 10.1 Å². The van der Waals surface area contributed by atoms with Gasteiger partial charge in [-0.15, -0.1) is 5.43 Å². The van der Waals surface area contributed by atoms with Crippen LogP contribution in [-0.2, 0) is 6.42 Å². The predicted molar refractivity (Wildman–Crippen MR) is 49.4 cm³/mol. The van der Waals surface area contributed by atoms with Crippen molar-refractivity contribution in [3.63, 3.8) is 0 Å². The van der Waals surface area contributed by atoms with Crippen LogP contribution in [0.15, 0.2) is 42.6 Å². The standard InChI is InChI=1S/C9H10N2O2/c12-11(13)10-8-4-7-9-5-2-1-3-6-9/h1-6,8,10H,7H2. The first-order valence-electron chi connectivity index (χ1n) is 3.88. The quantitative estimate of drug-likeness (QED) is 0.561. The van der Waals surface area contributed by atoms with Crippen molar-refractivity contribution in [3.8, 4) is 0 Å². The topological polar surface area (TPSA) is 55.2 Å². The van der Waals surface area contributed by atoms with Crippen LogP contribution in [0.3, 0.4) is 0 Å². The van der Waals surface area contributed by atoms with E-state index >= 15 is 0 Å². The van der Waals surface area contributed by atoms with Gasteiger partial charge in [-0.25, -0.2) is 10.1 Å². The van der Waals surface area contributed by atoms with Gasteiger partial charge in [-0.1, -0.05) is 36.4 Å². The Bertz CT molecular complexity index is 296. The molecule has 1 aromatic carbocycles. The highest BCUT2D eigenvalue weighted by atomic mass is 16.7. The number of nitrogens with one attached hydrogen (secondary N) is 1. The second-order valence-corrected chi connectivity index (χ2v) is 2.48. The number of nitrogens with zero attached hydrogens (tertiary/aromatic N) is 1. The molecule has 1 N–H and O–H groups in total. The molecule has 0 saturated heterocycles. The molecule has 0 aliphatic rings. The minimum Gasteiger partial charge on any atom is -0.235 e. The van der Waals surface area contributed by atoms with Gasteiger partial charge >= 0.3 is 0 Å². The molecular weight excluding hydrogens is 168 g/mol. The van der Waals surface area contributed by atoms with Gasteiger partial charge in [-0.2, -0.15) is 0 Å². The van der Waals surface area contributed by atoms with E-state index in [1.165, 1.54) is 6.20 Å². The molecule has 0 aliphatic carbocycles. The Kier molecular flexibility index (Phi) is 3.50. The van der Waals surface area contributed by atoms with Gasteiger partial charge in [0.15, 0.2) is 5.03 Å². The molecule has 0 heterocycles. The lowest BCUT2D eigenvalue weighted by molar-refractivity contribution is -0.532. The maximum absolute atomic E-state index is 9.85. The maximum atomic E-state index is 9.85. The van der Waals surface area contributed by atoms with Crippen LogP contribution in [-0.4, -0.2) is 5.03 Å². The monoisotopic (exact) mass is 178 g/mol. The van der Waals surface area contributed by atoms with E-state index in [4.69, 9.17) is 0 Å². The Morgan fingerprint density at radius 1 is 1.38 bits per heavy atom. The molecule has 0 radical (unpaired) electrons. The zero-order valence-corrected chi connectivity index (χ0v) is 7.01. The summed E-state index contributed by atoms with van der Waals surface area (Å²) in [5.41, 5.74) is 3.09. The Morgan fingerprint density at radius 2 is 2.08 bits per heavy atom. The summed E-state index contributed by atoms with van der Waals surface area (Å²) < 4.78 is 0. The van der Waals surface area contributed by atoms with E-state index < -0.39 is 5.03 Å². The van der Waals surface area contributed by atoms with Crippen molar-refractivity contribution in [2.75, 3.05) is 0 Å². The minimum absolute atomic E-state index is 0.596. The lowest BCUT2D eigenvalue weighted by Crippen LogP contribution is -2.13. The van der Waals surface area contributed by atoms with E-state index in [-0.39, 0.29) is 0 Å². The fourth-order valence-electron chi connectivity index (χ4n) is 0.923. The largest absolute Gasteiger partial charge is 0.235 e. The number of rotatable bonds is 4. The Hall–Kier alpha value is -1.84. The molecule has 13 heavy (non-hydrogen) atoms. The van der Waals surface area contributed by atoms with Crippen LogP contribution in [0.5, 0.6) is 0 Å². The number of hydrogen-bond donors (Lipinski definition) is 1. The first-order valence-corrected chi connectivity index (χ1v) is 3.88. The van der Waals surface area contributed by atoms with Crippen LogP contribution in [0.1, 0.15) is 5.56 Å². The number of hydrazine groups is 1. The van der Waals surface area contributed by atoms with E-state index in [1.807, 2.05) is 35.8 Å². The fraction of sp³-hybridized carbons (Fsp3) is 0.111. The van der Waals surface area contributed by atoms with Crippen molar-refractivity contribution in [1.29, 1.82) is 0 Å². The highest BCUT2D eigenvalue weighted by Gasteiger charge is 1.87. The van der Waals surface area contributed by atoms with Crippen LogP contribution in [0.25, 0.3) is 0 Å². The van der Waals surface area contributed by atoms with Crippen molar-refractivity contribution in [1.82, 2.24) is 5.43 Å². The second kappa shape index (κ2) is 4.92. The van der Waals surface area contributed by atoms with Gasteiger partial charge in [0, 0.05) is 0 Å². The predicted octanol–water partition coefficient (Wildman–Crippen LogP) is 1.52. The molecule has 0 saturated carbocycles. The normalized spacial score (nSPS) is 10.2. The zero-order valence-electron chi connectivity index (χ0n) is 7.01. The Balaban J connectivity index is 2.35. The molecular formula is C9H10N2O2. The highest BCUT2D eigenvalue weighted by Crippen LogP contribution is 1.99. The van der Waals surface area contributed by atoms with Crippen LogP contribution >= 0.6 is 0 Å². The van der Waals surface area contributed by atoms with E-state index in [2.05, 4.69) is 0 Å². The Morgan fingerprint density at radius 3 is 2.69 bits per heavy atom. The van der Waals surface area contributed by atoms with Gasteiger partial charge in [-0.3, -0.25) is 0 Å². The van der Waals surface area contributed by atoms with Gasteiger partial charge in [0.2, 0.25) is 0 Å². The lowest BCUT2D eigenvalue weighted by atomic mass is 10.1. The Labute approximate surface area is 76.0 Å². The summed E-state index contributed by atoms with van der Waals surface area (Å²) in [4.78, 5) is 9.85. The number of allylic oxidation sites excluding steroid dienone is 1. The third-order valence-electron chi connectivity index (χ3n) is 1.49. The second-order valence-electron chi connectivity index (χ2n) is 2.48. The van der Waals surface area contributed by atoms with Crippen LogP contribution in [0.4, 0.5) is 0 Å². The summed E-state index contributed by atoms with van der Waals surface area (Å²) in [5.74, 6) is 0. The maximum Gasteiger partial charge on any atom is 0.161 e. The summed E-state index contributed by atoms with van der Waals surface area (Å²) in [7, 11) is 0. The summed E-state index contributed by atoms with van der Waals surface area (Å²) in [5, 5.41) is 9.26. The van der Waals surface area contributed by atoms with Crippen molar-refractivity contribution >= 4 is 0 Å². The molecule has 1 aromatic rings. The van der Waals surface area contributed by atoms with Crippen LogP contribution in [0, 0.1) is 10.1 Å². The molecule has 4 nitrogen and oxygen atoms in total. The van der Waals surface area contributed by atoms with Gasteiger partial charge in [0.1, 0.15) is 0 Å². The van der Waals surface area contributed by atoms with Gasteiger partial charge in [0.25, 0.3) is 0 Å². The molecule has 0 unspecified atom stereocenters. The molecule has 68 valence electrons. The molecule has 0 spiro atoms. The smallest absolute Gasteiger partial charge is 0.161 e. The average Bonchev–Trinajstić information content (AvgIpc) is 2.14. The highest BCUT2D eigenvalue weighted by molar-refractivity contribution is 5.17. The molecule has 0 atom stereocenters. The number of nitro groups is 1.